The van der Waals surface area contributed by atoms with Gasteiger partial charge in [-0.25, -0.2) is 0 Å². The van der Waals surface area contributed by atoms with E-state index in [4.69, 9.17) is 0 Å². The van der Waals surface area contributed by atoms with E-state index >= 15 is 0 Å². The second-order valence-corrected chi connectivity index (χ2v) is 6.18. The number of carbonyl (C=O) groups excluding carboxylic acids is 2. The van der Waals surface area contributed by atoms with Crippen molar-refractivity contribution in [1.82, 2.24) is 15.2 Å². The quantitative estimate of drug-likeness (QED) is 0.944. The molecule has 0 atom stereocenters. The summed E-state index contributed by atoms with van der Waals surface area (Å²) in [5.74, 6) is -0.0619. The lowest BCUT2D eigenvalue weighted by Crippen LogP contribution is -2.46. The molecule has 0 aromatic carbocycles. The molecule has 1 aliphatic rings. The second-order valence-electron chi connectivity index (χ2n) is 5.23. The molecule has 5 nitrogen and oxygen atoms in total. The number of likely N-dealkylation sites (tertiary alicyclic amines) is 1. The molecule has 2 aromatic heterocycles. The van der Waals surface area contributed by atoms with E-state index in [9.17, 15) is 9.59 Å². The highest BCUT2D eigenvalue weighted by atomic mass is 32.1. The first kappa shape index (κ1) is 14.7. The third-order valence-corrected chi connectivity index (χ3v) is 4.61. The molecule has 6 heteroatoms. The molecule has 22 heavy (non-hydrogen) atoms. The third-order valence-electron chi connectivity index (χ3n) is 3.75. The normalized spacial score (nSPS) is 15.5. The Morgan fingerprint density at radius 3 is 2.64 bits per heavy atom. The van der Waals surface area contributed by atoms with Crippen LogP contribution in [0, 0.1) is 0 Å². The van der Waals surface area contributed by atoms with Gasteiger partial charge in [0.25, 0.3) is 11.8 Å². The minimum absolute atomic E-state index is 0.0236. The Kier molecular flexibility index (Phi) is 4.48. The maximum absolute atomic E-state index is 12.3. The average molecular weight is 315 g/mol. The van der Waals surface area contributed by atoms with Gasteiger partial charge in [-0.15, -0.1) is 11.3 Å². The SMILES string of the molecule is O=C(NC1CCN(C(=O)c2ccccn2)CC1)c1cccs1. The predicted molar refractivity (Wildman–Crippen MR) is 84.9 cm³/mol. The fraction of sp³-hybridized carbons (Fsp3) is 0.312. The summed E-state index contributed by atoms with van der Waals surface area (Å²) in [7, 11) is 0. The molecule has 0 spiro atoms. The van der Waals surface area contributed by atoms with Crippen LogP contribution >= 0.6 is 11.3 Å². The summed E-state index contributed by atoms with van der Waals surface area (Å²) in [5.41, 5.74) is 0.476. The molecule has 3 heterocycles. The van der Waals surface area contributed by atoms with Crippen LogP contribution in [-0.4, -0.2) is 40.8 Å². The summed E-state index contributed by atoms with van der Waals surface area (Å²) in [6, 6.07) is 9.15. The van der Waals surface area contributed by atoms with Gasteiger partial charge in [0, 0.05) is 25.3 Å². The second kappa shape index (κ2) is 6.70. The first-order chi connectivity index (χ1) is 10.7. The van der Waals surface area contributed by atoms with Crippen LogP contribution < -0.4 is 5.32 Å². The van der Waals surface area contributed by atoms with Crippen molar-refractivity contribution in [3.63, 3.8) is 0 Å². The van der Waals surface area contributed by atoms with Gasteiger partial charge in [-0.2, -0.15) is 0 Å². The molecule has 2 aromatic rings. The Balaban J connectivity index is 1.52. The summed E-state index contributed by atoms with van der Waals surface area (Å²) in [5, 5.41) is 4.93. The number of pyridine rings is 1. The molecule has 114 valence electrons. The predicted octanol–water partition coefficient (Wildman–Crippen LogP) is 2.18. The maximum atomic E-state index is 12.3. The Hall–Kier alpha value is -2.21. The van der Waals surface area contributed by atoms with E-state index in [0.717, 1.165) is 17.7 Å². The summed E-state index contributed by atoms with van der Waals surface area (Å²) in [6.07, 6.45) is 3.17. The highest BCUT2D eigenvalue weighted by Gasteiger charge is 2.25. The molecule has 0 radical (unpaired) electrons. The fourth-order valence-electron chi connectivity index (χ4n) is 2.54. The minimum Gasteiger partial charge on any atom is -0.348 e. The van der Waals surface area contributed by atoms with Crippen LogP contribution in [-0.2, 0) is 0 Å². The van der Waals surface area contributed by atoms with Gasteiger partial charge in [0.1, 0.15) is 5.69 Å². The van der Waals surface area contributed by atoms with Gasteiger partial charge in [-0.1, -0.05) is 12.1 Å². The largest absolute Gasteiger partial charge is 0.348 e. The smallest absolute Gasteiger partial charge is 0.272 e. The van der Waals surface area contributed by atoms with E-state index in [2.05, 4.69) is 10.3 Å². The van der Waals surface area contributed by atoms with Crippen molar-refractivity contribution in [3.05, 3.63) is 52.5 Å². The van der Waals surface area contributed by atoms with Gasteiger partial charge in [-0.3, -0.25) is 14.6 Å². The van der Waals surface area contributed by atoms with E-state index in [1.165, 1.54) is 11.3 Å². The molecule has 1 fully saturated rings. The molecule has 0 saturated carbocycles. The third kappa shape index (κ3) is 3.33. The van der Waals surface area contributed by atoms with Crippen LogP contribution in [0.2, 0.25) is 0 Å². The van der Waals surface area contributed by atoms with Crippen molar-refractivity contribution < 1.29 is 9.59 Å². The van der Waals surface area contributed by atoms with Gasteiger partial charge >= 0.3 is 0 Å². The summed E-state index contributed by atoms with van der Waals surface area (Å²) < 4.78 is 0. The Labute approximate surface area is 133 Å². The molecule has 0 bridgehead atoms. The molecule has 0 unspecified atom stereocenters. The summed E-state index contributed by atoms with van der Waals surface area (Å²) in [4.78, 5) is 30.9. The molecule has 1 saturated heterocycles. The number of nitrogens with one attached hydrogen (secondary N) is 1. The van der Waals surface area contributed by atoms with E-state index < -0.39 is 0 Å². The number of amides is 2. The number of hydrogen-bond donors (Lipinski definition) is 1. The molecule has 3 rings (SSSR count). The monoisotopic (exact) mass is 315 g/mol. The van der Waals surface area contributed by atoms with E-state index in [1.54, 1.807) is 23.2 Å². The van der Waals surface area contributed by atoms with Gasteiger partial charge in [0.2, 0.25) is 0 Å². The van der Waals surface area contributed by atoms with Gasteiger partial charge < -0.3 is 10.2 Å². The first-order valence-corrected chi connectivity index (χ1v) is 8.16. The van der Waals surface area contributed by atoms with Crippen molar-refractivity contribution in [2.45, 2.75) is 18.9 Å². The van der Waals surface area contributed by atoms with Crippen LogP contribution in [0.1, 0.15) is 33.0 Å². The lowest BCUT2D eigenvalue weighted by Gasteiger charge is -2.32. The van der Waals surface area contributed by atoms with Crippen molar-refractivity contribution in [3.8, 4) is 0 Å². The van der Waals surface area contributed by atoms with Crippen LogP contribution in [0.15, 0.2) is 41.9 Å². The number of aromatic nitrogens is 1. The van der Waals surface area contributed by atoms with E-state index in [1.807, 2.05) is 23.6 Å². The lowest BCUT2D eigenvalue weighted by atomic mass is 10.0. The molecule has 2 amide bonds. The summed E-state index contributed by atoms with van der Waals surface area (Å²) >= 11 is 1.44. The van der Waals surface area contributed by atoms with Crippen LogP contribution in [0.4, 0.5) is 0 Å². The van der Waals surface area contributed by atoms with Crippen LogP contribution in [0.3, 0.4) is 0 Å². The zero-order chi connectivity index (χ0) is 15.4. The van der Waals surface area contributed by atoms with Gasteiger partial charge in [-0.05, 0) is 36.4 Å². The maximum Gasteiger partial charge on any atom is 0.272 e. The van der Waals surface area contributed by atoms with Crippen molar-refractivity contribution in [2.75, 3.05) is 13.1 Å². The topological polar surface area (TPSA) is 62.3 Å². The van der Waals surface area contributed by atoms with Crippen molar-refractivity contribution in [1.29, 1.82) is 0 Å². The Bertz CT molecular complexity index is 635. The van der Waals surface area contributed by atoms with Crippen LogP contribution in [0.5, 0.6) is 0 Å². The highest BCUT2D eigenvalue weighted by molar-refractivity contribution is 7.12. The Morgan fingerprint density at radius 1 is 1.18 bits per heavy atom. The average Bonchev–Trinajstić information content (AvgIpc) is 3.10. The van der Waals surface area contributed by atoms with Crippen LogP contribution in [0.25, 0.3) is 0 Å². The van der Waals surface area contributed by atoms with Crippen molar-refractivity contribution in [2.24, 2.45) is 0 Å². The number of piperidine rings is 1. The highest BCUT2D eigenvalue weighted by Crippen LogP contribution is 2.15. The van der Waals surface area contributed by atoms with E-state index in [0.29, 0.717) is 18.8 Å². The van der Waals surface area contributed by atoms with E-state index in [-0.39, 0.29) is 17.9 Å². The number of thiophene rings is 1. The molecular formula is C16H17N3O2S. The number of hydrogen-bond acceptors (Lipinski definition) is 4. The number of carbonyl (C=O) groups is 2. The van der Waals surface area contributed by atoms with Crippen molar-refractivity contribution >= 4 is 23.2 Å². The summed E-state index contributed by atoms with van der Waals surface area (Å²) in [6.45, 7) is 1.29. The lowest BCUT2D eigenvalue weighted by molar-refractivity contribution is 0.0692. The zero-order valence-electron chi connectivity index (χ0n) is 12.1. The first-order valence-electron chi connectivity index (χ1n) is 7.29. The molecule has 1 aliphatic heterocycles. The molecular weight excluding hydrogens is 298 g/mol. The molecule has 0 aliphatic carbocycles. The Morgan fingerprint density at radius 2 is 2.00 bits per heavy atom. The standard InChI is InChI=1S/C16H17N3O2S/c20-15(14-5-3-11-22-14)18-12-6-9-19(10-7-12)16(21)13-4-1-2-8-17-13/h1-5,8,11-12H,6-7,9-10H2,(H,18,20). The minimum atomic E-state index is -0.0383. The molecule has 1 N–H and O–H groups in total. The number of rotatable bonds is 3. The van der Waals surface area contributed by atoms with Gasteiger partial charge in [0.15, 0.2) is 0 Å². The van der Waals surface area contributed by atoms with Gasteiger partial charge in [0.05, 0.1) is 4.88 Å². The zero-order valence-corrected chi connectivity index (χ0v) is 12.9. The number of nitrogens with zero attached hydrogens (tertiary/aromatic N) is 2. The fourth-order valence-corrected chi connectivity index (χ4v) is 3.17.